The Morgan fingerprint density at radius 2 is 0.743 bits per heavy atom. The number of carbonyl (C=O) groups is 2. The fourth-order valence-corrected chi connectivity index (χ4v) is 10.1. The first-order valence-corrected chi connectivity index (χ1v) is 33.1. The molecule has 0 aromatic rings. The van der Waals surface area contributed by atoms with Gasteiger partial charge in [0.1, 0.15) is 6.61 Å². The second-order valence-electron chi connectivity index (χ2n) is 21.3. The van der Waals surface area contributed by atoms with Gasteiger partial charge in [-0.05, 0) is 51.4 Å². The van der Waals surface area contributed by atoms with E-state index in [-0.39, 0.29) is 38.6 Å². The molecule has 0 rings (SSSR count). The summed E-state index contributed by atoms with van der Waals surface area (Å²) < 4.78 is 33.1. The number of carbonyl (C=O) groups excluding carboxylic acids is 2. The smallest absolute Gasteiger partial charge is 0.462 e. The van der Waals surface area contributed by atoms with Crippen molar-refractivity contribution in [3.8, 4) is 0 Å². The molecule has 0 fully saturated rings. The number of esters is 2. The number of phosphoric ester groups is 1. The Kier molecular flexibility index (Phi) is 58.6. The maximum Gasteiger partial charge on any atom is 0.472 e. The van der Waals surface area contributed by atoms with Crippen molar-refractivity contribution in [1.82, 2.24) is 0 Å². The molecule has 0 spiro atoms. The molecule has 0 saturated heterocycles. The van der Waals surface area contributed by atoms with Gasteiger partial charge in [0.05, 0.1) is 13.2 Å². The molecule has 0 aliphatic heterocycles. The minimum Gasteiger partial charge on any atom is -0.462 e. The molecule has 9 nitrogen and oxygen atoms in total. The van der Waals surface area contributed by atoms with Crippen molar-refractivity contribution in [3.05, 3.63) is 48.6 Å². The van der Waals surface area contributed by atoms with Gasteiger partial charge < -0.3 is 20.1 Å². The molecular formula is C64H120NO8P. The summed E-state index contributed by atoms with van der Waals surface area (Å²) in [5, 5.41) is 0. The SMILES string of the molecule is CC/C=C\C/C=C\C/C=C\C/C=C\CCCCCCCCCCC(=O)OC(COC(=O)CCCCCCCCCCCCCCCCCCCCCCCCCCCCCCCCCC)COP(=O)(O)OCCN. The average Bonchev–Trinajstić information content (AvgIpc) is 3.39. The fraction of sp³-hybridized carbons (Fsp3) is 0.844. The maximum absolute atomic E-state index is 12.7. The normalized spacial score (nSPS) is 13.3. The van der Waals surface area contributed by atoms with E-state index in [1.54, 1.807) is 0 Å². The van der Waals surface area contributed by atoms with Gasteiger partial charge in [-0.25, -0.2) is 4.57 Å². The molecule has 0 heterocycles. The lowest BCUT2D eigenvalue weighted by Crippen LogP contribution is -2.29. The van der Waals surface area contributed by atoms with Crippen LogP contribution in [0.3, 0.4) is 0 Å². The molecule has 434 valence electrons. The fourth-order valence-electron chi connectivity index (χ4n) is 9.34. The van der Waals surface area contributed by atoms with Gasteiger partial charge in [0.2, 0.25) is 0 Å². The van der Waals surface area contributed by atoms with Gasteiger partial charge in [-0.2, -0.15) is 0 Å². The van der Waals surface area contributed by atoms with Crippen LogP contribution < -0.4 is 5.73 Å². The Morgan fingerprint density at radius 1 is 0.419 bits per heavy atom. The van der Waals surface area contributed by atoms with Crippen LogP contribution in [0.4, 0.5) is 0 Å². The average molecular weight is 1060 g/mol. The van der Waals surface area contributed by atoms with Crippen molar-refractivity contribution in [3.63, 3.8) is 0 Å². The first-order valence-electron chi connectivity index (χ1n) is 31.6. The van der Waals surface area contributed by atoms with Gasteiger partial charge in [-0.3, -0.25) is 18.6 Å². The van der Waals surface area contributed by atoms with Crippen LogP contribution in [0.2, 0.25) is 0 Å². The first-order chi connectivity index (χ1) is 36.3. The van der Waals surface area contributed by atoms with Gasteiger partial charge in [-0.15, -0.1) is 0 Å². The standard InChI is InChI=1S/C64H120NO8P/c1-3-5-7-9-11-13-15-17-19-21-23-25-26-27-28-29-30-31-32-33-34-35-37-38-40-42-44-46-48-50-52-54-56-63(66)70-60-62(61-72-74(68,69)71-59-58-65)73-64(67)57-55-53-51-49-47-45-43-41-39-36-24-22-20-18-16-14-12-10-8-6-4-2/h6,8,12,14,18,20,24,36,62H,3-5,7,9-11,13,15-17,19,21-23,25-35,37-61,65H2,1-2H3,(H,68,69)/b8-6-,14-12-,20-18-,36-24-. The van der Waals surface area contributed by atoms with Crippen LogP contribution in [0, 0.1) is 0 Å². The maximum atomic E-state index is 12.7. The van der Waals surface area contributed by atoms with E-state index in [1.165, 1.54) is 212 Å². The third kappa shape index (κ3) is 59.2. The largest absolute Gasteiger partial charge is 0.472 e. The molecule has 0 aliphatic carbocycles. The number of nitrogens with two attached hydrogens (primary N) is 1. The molecule has 74 heavy (non-hydrogen) atoms. The quantitative estimate of drug-likeness (QED) is 0.0264. The topological polar surface area (TPSA) is 134 Å². The molecule has 0 bridgehead atoms. The van der Waals surface area contributed by atoms with Gasteiger partial charge in [-0.1, -0.05) is 300 Å². The van der Waals surface area contributed by atoms with Crippen molar-refractivity contribution in [2.24, 2.45) is 5.73 Å². The number of ether oxygens (including phenoxy) is 2. The lowest BCUT2D eigenvalue weighted by molar-refractivity contribution is -0.161. The summed E-state index contributed by atoms with van der Waals surface area (Å²) in [7, 11) is -4.39. The van der Waals surface area contributed by atoms with Crippen LogP contribution in [0.1, 0.15) is 316 Å². The van der Waals surface area contributed by atoms with Crippen LogP contribution in [-0.2, 0) is 32.7 Å². The van der Waals surface area contributed by atoms with Gasteiger partial charge >= 0.3 is 19.8 Å². The molecule has 3 N–H and O–H groups in total. The van der Waals surface area contributed by atoms with Crippen LogP contribution in [0.15, 0.2) is 48.6 Å². The second kappa shape index (κ2) is 60.2. The monoisotopic (exact) mass is 1060 g/mol. The summed E-state index contributed by atoms with van der Waals surface area (Å²) in [4.78, 5) is 35.2. The van der Waals surface area contributed by atoms with E-state index >= 15 is 0 Å². The van der Waals surface area contributed by atoms with E-state index in [9.17, 15) is 19.0 Å². The third-order valence-corrected chi connectivity index (χ3v) is 15.0. The molecule has 0 aliphatic rings. The zero-order valence-electron chi connectivity index (χ0n) is 48.6. The highest BCUT2D eigenvalue weighted by atomic mass is 31.2. The molecule has 0 amide bonds. The number of rotatable bonds is 60. The summed E-state index contributed by atoms with van der Waals surface area (Å²) in [6.07, 6.45) is 74.8. The second-order valence-corrected chi connectivity index (χ2v) is 22.7. The number of unbranched alkanes of at least 4 members (excludes halogenated alkanes) is 39. The van der Waals surface area contributed by atoms with Crippen molar-refractivity contribution in [2.75, 3.05) is 26.4 Å². The van der Waals surface area contributed by atoms with Crippen molar-refractivity contribution < 1.29 is 37.6 Å². The molecule has 2 unspecified atom stereocenters. The Morgan fingerprint density at radius 3 is 1.11 bits per heavy atom. The Hall–Kier alpha value is -2.03. The predicted molar refractivity (Wildman–Crippen MR) is 317 cm³/mol. The highest BCUT2D eigenvalue weighted by Gasteiger charge is 2.26. The zero-order valence-corrected chi connectivity index (χ0v) is 49.5. The van der Waals surface area contributed by atoms with E-state index in [1.807, 2.05) is 0 Å². The molecule has 0 aromatic heterocycles. The van der Waals surface area contributed by atoms with Crippen molar-refractivity contribution in [2.45, 2.75) is 322 Å². The molecular weight excluding hydrogens is 942 g/mol. The molecule has 2 atom stereocenters. The Bertz CT molecular complexity index is 1350. The number of hydrogen-bond acceptors (Lipinski definition) is 8. The predicted octanol–water partition coefficient (Wildman–Crippen LogP) is 20.1. The minimum absolute atomic E-state index is 0.0519. The summed E-state index contributed by atoms with van der Waals surface area (Å²) in [6.45, 7) is 3.67. The molecule has 0 saturated carbocycles. The number of phosphoric acid groups is 1. The Labute approximate surface area is 457 Å². The van der Waals surface area contributed by atoms with E-state index in [2.05, 4.69) is 62.5 Å². The van der Waals surface area contributed by atoms with E-state index < -0.39 is 26.5 Å². The van der Waals surface area contributed by atoms with E-state index in [4.69, 9.17) is 24.3 Å². The summed E-state index contributed by atoms with van der Waals surface area (Å²) in [5.74, 6) is -0.824. The van der Waals surface area contributed by atoms with Gasteiger partial charge in [0, 0.05) is 19.4 Å². The van der Waals surface area contributed by atoms with Crippen LogP contribution in [-0.4, -0.2) is 49.3 Å². The summed E-state index contributed by atoms with van der Waals surface area (Å²) >= 11 is 0. The molecule has 0 radical (unpaired) electrons. The van der Waals surface area contributed by atoms with Crippen LogP contribution >= 0.6 is 7.82 Å². The Balaban J connectivity index is 3.85. The third-order valence-electron chi connectivity index (χ3n) is 14.0. The highest BCUT2D eigenvalue weighted by Crippen LogP contribution is 2.43. The number of hydrogen-bond donors (Lipinski definition) is 2. The van der Waals surface area contributed by atoms with Crippen LogP contribution in [0.25, 0.3) is 0 Å². The van der Waals surface area contributed by atoms with E-state index in [0.29, 0.717) is 6.42 Å². The zero-order chi connectivity index (χ0) is 53.8. The van der Waals surface area contributed by atoms with E-state index in [0.717, 1.165) is 70.6 Å². The number of allylic oxidation sites excluding steroid dienone is 8. The molecule has 10 heteroatoms. The van der Waals surface area contributed by atoms with Gasteiger partial charge in [0.25, 0.3) is 0 Å². The van der Waals surface area contributed by atoms with Crippen molar-refractivity contribution in [1.29, 1.82) is 0 Å². The lowest BCUT2D eigenvalue weighted by atomic mass is 10.0. The summed E-state index contributed by atoms with van der Waals surface area (Å²) in [5.41, 5.74) is 5.39. The summed E-state index contributed by atoms with van der Waals surface area (Å²) in [6, 6.07) is 0. The van der Waals surface area contributed by atoms with Gasteiger partial charge in [0.15, 0.2) is 6.10 Å². The van der Waals surface area contributed by atoms with Crippen molar-refractivity contribution >= 4 is 19.8 Å². The first kappa shape index (κ1) is 72.0. The highest BCUT2D eigenvalue weighted by molar-refractivity contribution is 7.47. The minimum atomic E-state index is -4.39. The van der Waals surface area contributed by atoms with Crippen LogP contribution in [0.5, 0.6) is 0 Å². The lowest BCUT2D eigenvalue weighted by Gasteiger charge is -2.19. The molecule has 0 aromatic carbocycles.